The number of carbonyl (C=O) groups is 1. The van der Waals surface area contributed by atoms with E-state index in [-0.39, 0.29) is 19.1 Å². The molecule has 2 aliphatic heterocycles. The average molecular weight is 587 g/mol. The van der Waals surface area contributed by atoms with Gasteiger partial charge in [-0.05, 0) is 75.8 Å². The largest absolute Gasteiger partial charge is 0.467 e. The molecule has 11 nitrogen and oxygen atoms in total. The van der Waals surface area contributed by atoms with Gasteiger partial charge in [-0.25, -0.2) is 9.48 Å². The highest BCUT2D eigenvalue weighted by Gasteiger charge is 2.25. The van der Waals surface area contributed by atoms with Gasteiger partial charge in [0.15, 0.2) is 6.79 Å². The third kappa shape index (κ3) is 6.42. The molecule has 1 unspecified atom stereocenters. The van der Waals surface area contributed by atoms with Crippen LogP contribution in [0.25, 0.3) is 39.0 Å². The molecule has 0 aliphatic carbocycles. The van der Waals surface area contributed by atoms with Gasteiger partial charge in [-0.2, -0.15) is 5.10 Å². The van der Waals surface area contributed by atoms with Crippen molar-refractivity contribution in [3.8, 4) is 28.1 Å². The van der Waals surface area contributed by atoms with Crippen LogP contribution in [0.15, 0.2) is 48.9 Å². The molecule has 1 saturated heterocycles. The van der Waals surface area contributed by atoms with E-state index in [2.05, 4.69) is 26.4 Å². The van der Waals surface area contributed by atoms with E-state index in [1.807, 2.05) is 68.3 Å². The Hall–Kier alpha value is -4.22. The number of benzene rings is 1. The van der Waals surface area contributed by atoms with Gasteiger partial charge in [0.05, 0.1) is 17.4 Å². The Morgan fingerprint density at radius 2 is 2.02 bits per heavy atom. The van der Waals surface area contributed by atoms with E-state index < -0.39 is 5.60 Å². The smallest absolute Gasteiger partial charge is 0.410 e. The maximum Gasteiger partial charge on any atom is 0.410 e. The molecule has 0 spiro atoms. The second kappa shape index (κ2) is 12.2. The van der Waals surface area contributed by atoms with Gasteiger partial charge in [-0.3, -0.25) is 0 Å². The molecule has 1 N–H and O–H groups in total. The summed E-state index contributed by atoms with van der Waals surface area (Å²) >= 11 is 0. The molecule has 43 heavy (non-hydrogen) atoms. The quantitative estimate of drug-likeness (QED) is 0.255. The molecule has 1 atom stereocenters. The Bertz CT molecular complexity index is 1630. The van der Waals surface area contributed by atoms with Gasteiger partial charge in [0.2, 0.25) is 0 Å². The van der Waals surface area contributed by atoms with E-state index in [0.29, 0.717) is 31.0 Å². The van der Waals surface area contributed by atoms with Crippen LogP contribution in [0.2, 0.25) is 0 Å². The number of aromatic amines is 1. The van der Waals surface area contributed by atoms with Gasteiger partial charge in [0.1, 0.15) is 23.1 Å². The standard InChI is InChI=1S/C32H38N6O5/c1-32(2,3)43-31(39)37-12-10-21(11-13-37)25-18-33-27-16-26(35-36-30(25)27)24-9-8-22(15-28(24)42-20-40-4)23-17-34-38(19-23)29-7-5-6-14-41-29/h8-10,15-19,29,33H,5-7,11-14,20H2,1-4H3. The molecular weight excluding hydrogens is 548 g/mol. The summed E-state index contributed by atoms with van der Waals surface area (Å²) in [6.45, 7) is 7.56. The zero-order chi connectivity index (χ0) is 30.0. The van der Waals surface area contributed by atoms with Gasteiger partial charge in [-0.1, -0.05) is 12.1 Å². The summed E-state index contributed by atoms with van der Waals surface area (Å²) < 4.78 is 24.5. The topological polar surface area (TPSA) is 117 Å². The number of ether oxygens (including phenoxy) is 4. The van der Waals surface area contributed by atoms with Crippen molar-refractivity contribution in [2.45, 2.75) is 58.3 Å². The van der Waals surface area contributed by atoms with Gasteiger partial charge < -0.3 is 28.8 Å². The number of nitrogens with one attached hydrogen (secondary N) is 1. The van der Waals surface area contributed by atoms with Crippen LogP contribution in [0.5, 0.6) is 5.75 Å². The predicted molar refractivity (Wildman–Crippen MR) is 162 cm³/mol. The zero-order valence-corrected chi connectivity index (χ0v) is 25.1. The third-order valence-corrected chi connectivity index (χ3v) is 7.60. The van der Waals surface area contributed by atoms with Crippen LogP contribution < -0.4 is 4.74 Å². The Labute approximate surface area is 250 Å². The summed E-state index contributed by atoms with van der Waals surface area (Å²) in [5.74, 6) is 0.638. The van der Waals surface area contributed by atoms with Crippen molar-refractivity contribution in [2.24, 2.45) is 0 Å². The number of methoxy groups -OCH3 is 1. The first-order chi connectivity index (χ1) is 20.8. The summed E-state index contributed by atoms with van der Waals surface area (Å²) in [5, 5.41) is 13.8. The molecule has 6 rings (SSSR count). The first kappa shape index (κ1) is 28.9. The number of amides is 1. The molecule has 0 bridgehead atoms. The summed E-state index contributed by atoms with van der Waals surface area (Å²) in [4.78, 5) is 17.5. The molecule has 3 aromatic heterocycles. The third-order valence-electron chi connectivity index (χ3n) is 7.60. The minimum Gasteiger partial charge on any atom is -0.467 e. The number of H-pyrrole nitrogens is 1. The van der Waals surface area contributed by atoms with Crippen LogP contribution in [-0.2, 0) is 14.2 Å². The Morgan fingerprint density at radius 3 is 2.77 bits per heavy atom. The first-order valence-electron chi connectivity index (χ1n) is 14.7. The van der Waals surface area contributed by atoms with E-state index in [1.54, 1.807) is 12.0 Å². The SMILES string of the molecule is COCOc1cc(-c2cnn(C3CCCCO3)c2)ccc1-c1cc2[nH]cc(C3=CCN(C(=O)OC(C)(C)C)CC3)c2nn1. The molecule has 1 fully saturated rings. The molecule has 0 saturated carbocycles. The maximum atomic E-state index is 12.5. The van der Waals surface area contributed by atoms with E-state index in [9.17, 15) is 4.79 Å². The number of nitrogens with zero attached hydrogens (tertiary/aromatic N) is 5. The molecule has 226 valence electrons. The van der Waals surface area contributed by atoms with Crippen molar-refractivity contribution >= 4 is 22.7 Å². The number of rotatable bonds is 7. The maximum absolute atomic E-state index is 12.5. The van der Waals surface area contributed by atoms with E-state index in [4.69, 9.17) is 18.9 Å². The highest BCUT2D eigenvalue weighted by molar-refractivity contribution is 5.91. The van der Waals surface area contributed by atoms with Crippen molar-refractivity contribution < 1.29 is 23.7 Å². The van der Waals surface area contributed by atoms with E-state index >= 15 is 0 Å². The van der Waals surface area contributed by atoms with Crippen LogP contribution in [0, 0.1) is 0 Å². The molecule has 4 aromatic rings. The number of hydrogen-bond acceptors (Lipinski definition) is 8. The fourth-order valence-corrected chi connectivity index (χ4v) is 5.43. The van der Waals surface area contributed by atoms with Crippen LogP contribution in [-0.4, -0.2) is 75.2 Å². The molecule has 5 heterocycles. The summed E-state index contributed by atoms with van der Waals surface area (Å²) in [6, 6.07) is 7.98. The highest BCUT2D eigenvalue weighted by atomic mass is 16.7. The average Bonchev–Trinajstić information content (AvgIpc) is 3.67. The van der Waals surface area contributed by atoms with Gasteiger partial charge in [-0.15, -0.1) is 10.2 Å². The van der Waals surface area contributed by atoms with Crippen molar-refractivity contribution in [1.29, 1.82) is 0 Å². The van der Waals surface area contributed by atoms with Gasteiger partial charge in [0.25, 0.3) is 0 Å². The number of fused-ring (bicyclic) bond motifs is 1. The second-order valence-electron chi connectivity index (χ2n) is 11.9. The van der Waals surface area contributed by atoms with Crippen LogP contribution in [0.3, 0.4) is 0 Å². The fourth-order valence-electron chi connectivity index (χ4n) is 5.43. The lowest BCUT2D eigenvalue weighted by molar-refractivity contribution is -0.0394. The lowest BCUT2D eigenvalue weighted by atomic mass is 10.0. The number of aromatic nitrogens is 5. The molecule has 0 radical (unpaired) electrons. The van der Waals surface area contributed by atoms with E-state index in [1.165, 1.54) is 0 Å². The Balaban J connectivity index is 1.24. The second-order valence-corrected chi connectivity index (χ2v) is 11.9. The van der Waals surface area contributed by atoms with Crippen LogP contribution in [0.4, 0.5) is 4.79 Å². The monoisotopic (exact) mass is 586 g/mol. The molecule has 2 aliphatic rings. The normalized spacial score (nSPS) is 17.6. The molecule has 1 amide bonds. The molecular formula is C32H38N6O5. The fraction of sp³-hybridized carbons (Fsp3) is 0.438. The minimum absolute atomic E-state index is 0.0213. The Morgan fingerprint density at radius 1 is 1.14 bits per heavy atom. The lowest BCUT2D eigenvalue weighted by Crippen LogP contribution is -2.39. The summed E-state index contributed by atoms with van der Waals surface area (Å²) in [7, 11) is 1.59. The number of hydrogen-bond donors (Lipinski definition) is 1. The lowest BCUT2D eigenvalue weighted by Gasteiger charge is -2.29. The van der Waals surface area contributed by atoms with Crippen molar-refractivity contribution in [1.82, 2.24) is 29.9 Å². The van der Waals surface area contributed by atoms with Gasteiger partial charge in [0, 0.05) is 55.9 Å². The van der Waals surface area contributed by atoms with E-state index in [0.717, 1.165) is 64.7 Å². The Kier molecular flexibility index (Phi) is 8.18. The molecule has 1 aromatic carbocycles. The number of carbonyl (C=O) groups excluding carboxylic acids is 1. The van der Waals surface area contributed by atoms with Crippen molar-refractivity contribution in [3.05, 3.63) is 54.5 Å². The molecule has 11 heteroatoms. The van der Waals surface area contributed by atoms with Crippen molar-refractivity contribution in [3.63, 3.8) is 0 Å². The van der Waals surface area contributed by atoms with Crippen molar-refractivity contribution in [2.75, 3.05) is 33.6 Å². The minimum atomic E-state index is -0.521. The first-order valence-corrected chi connectivity index (χ1v) is 14.7. The predicted octanol–water partition coefficient (Wildman–Crippen LogP) is 6.19. The highest BCUT2D eigenvalue weighted by Crippen LogP contribution is 2.36. The zero-order valence-electron chi connectivity index (χ0n) is 25.1. The summed E-state index contributed by atoms with van der Waals surface area (Å²) in [6.07, 6.45) is 11.5. The van der Waals surface area contributed by atoms with Gasteiger partial charge >= 0.3 is 6.09 Å². The van der Waals surface area contributed by atoms with Crippen LogP contribution in [0.1, 0.15) is 58.2 Å². The summed E-state index contributed by atoms with van der Waals surface area (Å²) in [5.41, 5.74) is 6.68. The van der Waals surface area contributed by atoms with Crippen LogP contribution >= 0.6 is 0 Å².